The molecule has 0 saturated carbocycles. The number of nitrogens with one attached hydrogen (secondary N) is 1. The Morgan fingerprint density at radius 1 is 1.05 bits per heavy atom. The third-order valence-electron chi connectivity index (χ3n) is 8.81. The first-order chi connectivity index (χ1) is 19.3. The molecular formula is C35H48N2O4. The molecule has 1 amide bonds. The van der Waals surface area contributed by atoms with Crippen LogP contribution in [0.3, 0.4) is 0 Å². The largest absolute Gasteiger partial charge is 0.496 e. The number of carbonyl (C=O) groups is 2. The molecule has 5 atom stereocenters. The van der Waals surface area contributed by atoms with E-state index in [-0.39, 0.29) is 34.6 Å². The van der Waals surface area contributed by atoms with E-state index in [2.05, 4.69) is 71.1 Å². The number of hydrogen-bond donors (Lipinski definition) is 2. The number of aliphatic carboxylic acids is 1. The molecule has 2 aromatic rings. The number of carboxylic acids is 1. The number of amides is 1. The van der Waals surface area contributed by atoms with E-state index in [0.717, 1.165) is 36.1 Å². The van der Waals surface area contributed by atoms with Crippen LogP contribution in [0, 0.1) is 17.3 Å². The van der Waals surface area contributed by atoms with Crippen molar-refractivity contribution in [3.8, 4) is 5.75 Å². The van der Waals surface area contributed by atoms with Crippen molar-refractivity contribution in [3.63, 3.8) is 0 Å². The summed E-state index contributed by atoms with van der Waals surface area (Å²) in [6, 6.07) is 14.6. The number of rotatable bonds is 8. The van der Waals surface area contributed by atoms with Crippen LogP contribution in [-0.4, -0.2) is 41.1 Å². The summed E-state index contributed by atoms with van der Waals surface area (Å²) < 4.78 is 5.73. The van der Waals surface area contributed by atoms with Gasteiger partial charge in [-0.25, -0.2) is 4.79 Å². The van der Waals surface area contributed by atoms with Crippen LogP contribution in [0.1, 0.15) is 90.0 Å². The minimum absolute atomic E-state index is 0.0277. The molecule has 0 bridgehead atoms. The van der Waals surface area contributed by atoms with E-state index in [4.69, 9.17) is 4.74 Å². The summed E-state index contributed by atoms with van der Waals surface area (Å²) >= 11 is 0. The zero-order valence-electron chi connectivity index (χ0n) is 25.8. The van der Waals surface area contributed by atoms with Gasteiger partial charge in [-0.3, -0.25) is 4.79 Å². The molecule has 2 N–H and O–H groups in total. The topological polar surface area (TPSA) is 78.9 Å². The van der Waals surface area contributed by atoms with Gasteiger partial charge in [0.2, 0.25) is 5.91 Å². The number of nitrogens with zero attached hydrogens (tertiary/aromatic N) is 1. The maximum Gasteiger partial charge on any atom is 0.326 e. The summed E-state index contributed by atoms with van der Waals surface area (Å²) in [4.78, 5) is 28.9. The Balaban J connectivity index is 1.78. The van der Waals surface area contributed by atoms with Crippen LogP contribution in [0.5, 0.6) is 5.75 Å². The molecule has 6 nitrogen and oxygen atoms in total. The van der Waals surface area contributed by atoms with Crippen LogP contribution in [0.25, 0.3) is 0 Å². The van der Waals surface area contributed by atoms with Crippen LogP contribution < -0.4 is 10.1 Å². The Hall–Kier alpha value is -3.12. The van der Waals surface area contributed by atoms with E-state index < -0.39 is 18.1 Å². The third-order valence-corrected chi connectivity index (χ3v) is 8.81. The highest BCUT2D eigenvalue weighted by atomic mass is 16.5. The van der Waals surface area contributed by atoms with Gasteiger partial charge in [0.05, 0.1) is 13.2 Å². The number of ether oxygens (including phenoxy) is 1. The average molecular weight is 561 g/mol. The highest BCUT2D eigenvalue weighted by molar-refractivity contribution is 5.86. The van der Waals surface area contributed by atoms with Crippen molar-refractivity contribution >= 4 is 11.9 Å². The quantitative estimate of drug-likeness (QED) is 0.344. The van der Waals surface area contributed by atoms with Crippen molar-refractivity contribution in [2.75, 3.05) is 7.11 Å². The highest BCUT2D eigenvalue weighted by Crippen LogP contribution is 2.49. The van der Waals surface area contributed by atoms with Gasteiger partial charge < -0.3 is 20.1 Å². The Labute approximate surface area is 246 Å². The molecule has 0 aromatic heterocycles. The molecule has 1 saturated heterocycles. The predicted molar refractivity (Wildman–Crippen MR) is 164 cm³/mol. The van der Waals surface area contributed by atoms with Crippen molar-refractivity contribution in [3.05, 3.63) is 77.4 Å². The fourth-order valence-electron chi connectivity index (χ4n) is 6.76. The lowest BCUT2D eigenvalue weighted by Gasteiger charge is -2.35. The van der Waals surface area contributed by atoms with Gasteiger partial charge in [0.25, 0.3) is 0 Å². The lowest BCUT2D eigenvalue weighted by molar-refractivity contribution is -0.152. The second-order valence-corrected chi connectivity index (χ2v) is 13.8. The first-order valence-corrected chi connectivity index (χ1v) is 15.0. The predicted octanol–water partition coefficient (Wildman–Crippen LogP) is 6.90. The van der Waals surface area contributed by atoms with Gasteiger partial charge in [-0.2, -0.15) is 0 Å². The Morgan fingerprint density at radius 3 is 2.32 bits per heavy atom. The molecule has 6 heteroatoms. The van der Waals surface area contributed by atoms with E-state index in [9.17, 15) is 14.7 Å². The molecule has 1 unspecified atom stereocenters. The summed E-state index contributed by atoms with van der Waals surface area (Å²) in [6.07, 6.45) is 7.67. The summed E-state index contributed by atoms with van der Waals surface area (Å²) in [5, 5.41) is 14.5. The van der Waals surface area contributed by atoms with Crippen LogP contribution in [0.15, 0.2) is 60.7 Å². The third kappa shape index (κ3) is 6.86. The van der Waals surface area contributed by atoms with Crippen LogP contribution in [0.4, 0.5) is 0 Å². The second-order valence-electron chi connectivity index (χ2n) is 13.8. The molecule has 1 aliphatic heterocycles. The summed E-state index contributed by atoms with van der Waals surface area (Å²) in [6.45, 7) is 13.3. The van der Waals surface area contributed by atoms with E-state index >= 15 is 0 Å². The molecular weight excluding hydrogens is 512 g/mol. The second kappa shape index (κ2) is 12.4. The van der Waals surface area contributed by atoms with Crippen molar-refractivity contribution in [2.24, 2.45) is 17.3 Å². The molecule has 1 heterocycles. The highest BCUT2D eigenvalue weighted by Gasteiger charge is 2.57. The SMILES string of the molecule is COc1ccc(C(C)(C)C)cc1CN[C@H]1[C@H](C(C)(C)C)[C@@H](C(=O)O)N(C(=O)CC2C=CCCC2)[C@H]1c1ccccc1. The first-order valence-electron chi connectivity index (χ1n) is 15.0. The molecule has 4 rings (SSSR count). The molecule has 2 aromatic carbocycles. The number of likely N-dealkylation sites (tertiary alicyclic amines) is 1. The van der Waals surface area contributed by atoms with Gasteiger partial charge >= 0.3 is 5.97 Å². The zero-order valence-corrected chi connectivity index (χ0v) is 25.8. The fourth-order valence-corrected chi connectivity index (χ4v) is 6.76. The van der Waals surface area contributed by atoms with Gasteiger partial charge in [0, 0.05) is 30.5 Å². The van der Waals surface area contributed by atoms with Crippen LogP contribution in [0.2, 0.25) is 0 Å². The van der Waals surface area contributed by atoms with Gasteiger partial charge in [-0.05, 0) is 53.2 Å². The Morgan fingerprint density at radius 2 is 1.76 bits per heavy atom. The van der Waals surface area contributed by atoms with Crippen LogP contribution in [-0.2, 0) is 21.5 Å². The standard InChI is InChI=1S/C35H48N2O4/c1-34(2,3)26-18-19-27(41-7)25(21-26)22-36-30-29(35(4,5)6)32(33(39)40)37(31(30)24-16-12-9-13-17-24)28(38)20-23-14-10-8-11-15-23/h9-10,12-14,16-19,21,23,29-32,36H,8,11,15,20,22H2,1-7H3,(H,39,40)/t23?,29-,30-,31-,32-/m0/s1. The van der Waals surface area contributed by atoms with E-state index in [1.807, 2.05) is 36.4 Å². The molecule has 1 fully saturated rings. The molecule has 0 spiro atoms. The lowest BCUT2D eigenvalue weighted by Crippen LogP contribution is -2.48. The molecule has 0 radical (unpaired) electrons. The number of benzene rings is 2. The number of carbonyl (C=O) groups excluding carboxylic acids is 1. The molecule has 41 heavy (non-hydrogen) atoms. The molecule has 222 valence electrons. The van der Waals surface area contributed by atoms with E-state index in [1.165, 1.54) is 5.56 Å². The smallest absolute Gasteiger partial charge is 0.326 e. The summed E-state index contributed by atoms with van der Waals surface area (Å²) in [5.74, 6) is -0.429. The Bertz CT molecular complexity index is 1240. The maximum absolute atomic E-state index is 14.1. The molecule has 2 aliphatic rings. The van der Waals surface area contributed by atoms with Gasteiger partial charge in [0.15, 0.2) is 0 Å². The van der Waals surface area contributed by atoms with E-state index in [0.29, 0.717) is 13.0 Å². The monoisotopic (exact) mass is 560 g/mol. The van der Waals surface area contributed by atoms with Crippen molar-refractivity contribution < 1.29 is 19.4 Å². The van der Waals surface area contributed by atoms with Crippen molar-refractivity contribution in [2.45, 2.75) is 97.3 Å². The average Bonchev–Trinajstić information content (AvgIpc) is 3.28. The fraction of sp³-hybridized carbons (Fsp3) is 0.543. The normalized spacial score (nSPS) is 24.9. The van der Waals surface area contributed by atoms with Gasteiger partial charge in [-0.15, -0.1) is 0 Å². The lowest BCUT2D eigenvalue weighted by atomic mass is 9.72. The summed E-state index contributed by atoms with van der Waals surface area (Å²) in [5.41, 5.74) is 2.76. The van der Waals surface area contributed by atoms with Gasteiger partial charge in [-0.1, -0.05) is 96.2 Å². The zero-order chi connectivity index (χ0) is 29.9. The maximum atomic E-state index is 14.1. The number of hydrogen-bond acceptors (Lipinski definition) is 4. The number of carboxylic acid groups (broad SMARTS) is 1. The summed E-state index contributed by atoms with van der Waals surface area (Å²) in [7, 11) is 1.68. The minimum Gasteiger partial charge on any atom is -0.496 e. The van der Waals surface area contributed by atoms with Crippen molar-refractivity contribution in [1.82, 2.24) is 10.2 Å². The van der Waals surface area contributed by atoms with Crippen LogP contribution >= 0.6 is 0 Å². The number of allylic oxidation sites excluding steroid dienone is 2. The Kier molecular flexibility index (Phi) is 9.32. The van der Waals surface area contributed by atoms with Gasteiger partial charge in [0.1, 0.15) is 11.8 Å². The minimum atomic E-state index is -0.949. The van der Waals surface area contributed by atoms with E-state index in [1.54, 1.807) is 12.0 Å². The number of methoxy groups -OCH3 is 1. The molecule has 1 aliphatic carbocycles. The first kappa shape index (κ1) is 30.8. The van der Waals surface area contributed by atoms with Crippen molar-refractivity contribution in [1.29, 1.82) is 0 Å².